The monoisotopic (exact) mass is 229 g/mol. The molecule has 2 rings (SSSR count). The zero-order valence-corrected chi connectivity index (χ0v) is 9.27. The van der Waals surface area contributed by atoms with E-state index in [1.807, 2.05) is 0 Å². The first kappa shape index (κ1) is 10.7. The summed E-state index contributed by atoms with van der Waals surface area (Å²) in [7, 11) is 1.53. The maximum Gasteiger partial charge on any atom is 0.149 e. The largest absolute Gasteiger partial charge is 0.496 e. The molecule has 1 aliphatic rings. The smallest absolute Gasteiger partial charge is 0.149 e. The van der Waals surface area contributed by atoms with Gasteiger partial charge in [-0.05, 0) is 25.0 Å². The summed E-state index contributed by atoms with van der Waals surface area (Å²) in [6.07, 6.45) is 1.80. The Morgan fingerprint density at radius 3 is 2.67 bits per heavy atom. The number of halogens is 2. The highest BCUT2D eigenvalue weighted by Gasteiger charge is 2.47. The topological polar surface area (TPSA) is 35.2 Å². The molecule has 0 aliphatic heterocycles. The van der Waals surface area contributed by atoms with Crippen LogP contribution >= 0.6 is 11.6 Å². The van der Waals surface area contributed by atoms with Gasteiger partial charge in [0.25, 0.3) is 0 Å². The maximum absolute atomic E-state index is 13.9. The molecule has 0 atom stereocenters. The van der Waals surface area contributed by atoms with Crippen LogP contribution in [0.5, 0.6) is 5.75 Å². The molecule has 1 aliphatic carbocycles. The molecule has 0 aromatic heterocycles. The third-order valence-electron chi connectivity index (χ3n) is 3.05. The van der Waals surface area contributed by atoms with E-state index >= 15 is 0 Å². The van der Waals surface area contributed by atoms with Gasteiger partial charge in [0.05, 0.1) is 12.1 Å². The zero-order valence-electron chi connectivity index (χ0n) is 8.52. The van der Waals surface area contributed by atoms with Gasteiger partial charge in [0.2, 0.25) is 0 Å². The second-order valence-electron chi connectivity index (χ2n) is 3.92. The minimum atomic E-state index is -0.390. The number of hydrogen-bond donors (Lipinski definition) is 1. The van der Waals surface area contributed by atoms with Crippen LogP contribution in [-0.2, 0) is 5.41 Å². The Morgan fingerprint density at radius 1 is 1.53 bits per heavy atom. The van der Waals surface area contributed by atoms with Crippen molar-refractivity contribution in [3.8, 4) is 5.75 Å². The average Bonchev–Trinajstić information content (AvgIpc) is 3.02. The van der Waals surface area contributed by atoms with E-state index in [-0.39, 0.29) is 16.3 Å². The molecular weight excluding hydrogens is 217 g/mol. The van der Waals surface area contributed by atoms with Gasteiger partial charge >= 0.3 is 0 Å². The lowest BCUT2D eigenvalue weighted by atomic mass is 9.94. The first-order chi connectivity index (χ1) is 7.14. The van der Waals surface area contributed by atoms with Crippen molar-refractivity contribution in [3.05, 3.63) is 28.5 Å². The SMILES string of the molecule is COc1ccc(Cl)c(F)c1C1(CN)CC1. The Bertz CT molecular complexity index is 390. The summed E-state index contributed by atoms with van der Waals surface area (Å²) in [4.78, 5) is 0. The Balaban J connectivity index is 2.57. The molecule has 0 spiro atoms. The van der Waals surface area contributed by atoms with Crippen molar-refractivity contribution in [1.29, 1.82) is 0 Å². The van der Waals surface area contributed by atoms with Gasteiger partial charge in [0, 0.05) is 17.5 Å². The molecule has 1 aromatic rings. The van der Waals surface area contributed by atoms with Crippen LogP contribution in [0.4, 0.5) is 4.39 Å². The summed E-state index contributed by atoms with van der Waals surface area (Å²) in [5, 5.41) is 0.130. The fraction of sp³-hybridized carbons (Fsp3) is 0.455. The molecule has 0 unspecified atom stereocenters. The van der Waals surface area contributed by atoms with E-state index in [9.17, 15) is 4.39 Å². The highest BCUT2D eigenvalue weighted by Crippen LogP contribution is 2.52. The molecule has 1 fully saturated rings. The van der Waals surface area contributed by atoms with Crippen molar-refractivity contribution in [2.24, 2.45) is 5.73 Å². The number of benzene rings is 1. The van der Waals surface area contributed by atoms with Crippen LogP contribution < -0.4 is 10.5 Å². The van der Waals surface area contributed by atoms with E-state index in [0.717, 1.165) is 12.8 Å². The second-order valence-corrected chi connectivity index (χ2v) is 4.33. The van der Waals surface area contributed by atoms with E-state index in [1.54, 1.807) is 6.07 Å². The average molecular weight is 230 g/mol. The van der Waals surface area contributed by atoms with Crippen LogP contribution in [0.15, 0.2) is 12.1 Å². The van der Waals surface area contributed by atoms with Crippen LogP contribution in [0.3, 0.4) is 0 Å². The lowest BCUT2D eigenvalue weighted by Gasteiger charge is -2.18. The van der Waals surface area contributed by atoms with Gasteiger partial charge in [0.15, 0.2) is 0 Å². The number of hydrogen-bond acceptors (Lipinski definition) is 2. The van der Waals surface area contributed by atoms with Crippen LogP contribution in [0.2, 0.25) is 5.02 Å². The second kappa shape index (κ2) is 3.65. The first-order valence-corrected chi connectivity index (χ1v) is 5.25. The number of methoxy groups -OCH3 is 1. The fourth-order valence-electron chi connectivity index (χ4n) is 1.90. The summed E-state index contributed by atoms with van der Waals surface area (Å²) in [5.41, 5.74) is 5.97. The Kier molecular flexibility index (Phi) is 2.61. The molecule has 0 heterocycles. The van der Waals surface area contributed by atoms with Crippen molar-refractivity contribution >= 4 is 11.6 Å². The van der Waals surface area contributed by atoms with Crippen LogP contribution in [0.1, 0.15) is 18.4 Å². The van der Waals surface area contributed by atoms with Gasteiger partial charge in [-0.2, -0.15) is 0 Å². The van der Waals surface area contributed by atoms with E-state index in [2.05, 4.69) is 0 Å². The quantitative estimate of drug-likeness (QED) is 0.864. The number of rotatable bonds is 3. The summed E-state index contributed by atoms with van der Waals surface area (Å²) in [6.45, 7) is 0.431. The normalized spacial score (nSPS) is 17.6. The van der Waals surface area contributed by atoms with Crippen LogP contribution in [0, 0.1) is 5.82 Å². The minimum Gasteiger partial charge on any atom is -0.496 e. The number of nitrogens with two attached hydrogens (primary N) is 1. The van der Waals surface area contributed by atoms with E-state index < -0.39 is 0 Å². The van der Waals surface area contributed by atoms with Gasteiger partial charge in [-0.3, -0.25) is 0 Å². The van der Waals surface area contributed by atoms with Crippen LogP contribution in [-0.4, -0.2) is 13.7 Å². The van der Waals surface area contributed by atoms with Gasteiger partial charge in [0.1, 0.15) is 11.6 Å². The molecule has 2 nitrogen and oxygen atoms in total. The predicted molar refractivity (Wildman–Crippen MR) is 57.9 cm³/mol. The Morgan fingerprint density at radius 2 is 2.20 bits per heavy atom. The summed E-state index contributed by atoms with van der Waals surface area (Å²) < 4.78 is 19.1. The maximum atomic E-state index is 13.9. The van der Waals surface area contributed by atoms with E-state index in [1.165, 1.54) is 13.2 Å². The third-order valence-corrected chi connectivity index (χ3v) is 3.34. The predicted octanol–water partition coefficient (Wildman–Crippen LogP) is 2.48. The molecule has 1 aromatic carbocycles. The minimum absolute atomic E-state index is 0.130. The lowest BCUT2D eigenvalue weighted by molar-refractivity contribution is 0.397. The molecule has 0 saturated heterocycles. The van der Waals surface area contributed by atoms with Gasteiger partial charge < -0.3 is 10.5 Å². The van der Waals surface area contributed by atoms with Crippen molar-refractivity contribution in [2.45, 2.75) is 18.3 Å². The third kappa shape index (κ3) is 1.60. The Labute approximate surface area is 93.2 Å². The van der Waals surface area contributed by atoms with E-state index in [0.29, 0.717) is 17.9 Å². The molecule has 0 amide bonds. The molecule has 82 valence electrons. The summed E-state index contributed by atoms with van der Waals surface area (Å²) in [6, 6.07) is 3.20. The summed E-state index contributed by atoms with van der Waals surface area (Å²) in [5.74, 6) is 0.152. The lowest BCUT2D eigenvalue weighted by Crippen LogP contribution is -2.22. The highest BCUT2D eigenvalue weighted by molar-refractivity contribution is 6.30. The van der Waals surface area contributed by atoms with E-state index in [4.69, 9.17) is 22.1 Å². The molecule has 0 radical (unpaired) electrons. The van der Waals surface area contributed by atoms with Gasteiger partial charge in [-0.15, -0.1) is 0 Å². The van der Waals surface area contributed by atoms with Crippen LogP contribution in [0.25, 0.3) is 0 Å². The van der Waals surface area contributed by atoms with Crippen molar-refractivity contribution < 1.29 is 9.13 Å². The zero-order chi connectivity index (χ0) is 11.1. The highest BCUT2D eigenvalue weighted by atomic mass is 35.5. The molecular formula is C11H13ClFNO. The van der Waals surface area contributed by atoms with Gasteiger partial charge in [-0.25, -0.2) is 4.39 Å². The molecule has 2 N–H and O–H groups in total. The fourth-order valence-corrected chi connectivity index (χ4v) is 2.06. The summed E-state index contributed by atoms with van der Waals surface area (Å²) >= 11 is 5.76. The molecule has 1 saturated carbocycles. The molecule has 15 heavy (non-hydrogen) atoms. The Hall–Kier alpha value is -0.800. The standard InChI is InChI=1S/C11H13ClFNO/c1-15-8-3-2-7(12)10(13)9(8)11(6-14)4-5-11/h2-3H,4-6,14H2,1H3. The first-order valence-electron chi connectivity index (χ1n) is 4.87. The number of ether oxygens (including phenoxy) is 1. The van der Waals surface area contributed by atoms with Crippen molar-refractivity contribution in [3.63, 3.8) is 0 Å². The molecule has 0 bridgehead atoms. The van der Waals surface area contributed by atoms with Crippen molar-refractivity contribution in [1.82, 2.24) is 0 Å². The van der Waals surface area contributed by atoms with Crippen molar-refractivity contribution in [2.75, 3.05) is 13.7 Å². The van der Waals surface area contributed by atoms with Gasteiger partial charge in [-0.1, -0.05) is 11.6 Å². The molecule has 4 heteroatoms.